The van der Waals surface area contributed by atoms with Gasteiger partial charge in [-0.2, -0.15) is 0 Å². The second-order valence-corrected chi connectivity index (χ2v) is 7.37. The van der Waals surface area contributed by atoms with Crippen LogP contribution in [0.4, 0.5) is 10.5 Å². The van der Waals surface area contributed by atoms with Crippen molar-refractivity contribution < 1.29 is 19.1 Å². The predicted molar refractivity (Wildman–Crippen MR) is 102 cm³/mol. The summed E-state index contributed by atoms with van der Waals surface area (Å²) in [5.74, 6) is 0.955. The Labute approximate surface area is 157 Å². The minimum absolute atomic E-state index is 0.00467. The molecule has 0 aliphatic carbocycles. The van der Waals surface area contributed by atoms with E-state index in [0.717, 1.165) is 23.5 Å². The molecule has 0 radical (unpaired) electrons. The van der Waals surface area contributed by atoms with Gasteiger partial charge in [0.1, 0.15) is 16.8 Å². The topological polar surface area (TPSA) is 121 Å². The van der Waals surface area contributed by atoms with E-state index in [1.54, 1.807) is 31.4 Å². The average molecular weight is 393 g/mol. The smallest absolute Gasteiger partial charge is 0.284 e. The number of anilines is 1. The Hall–Kier alpha value is -2.53. The highest BCUT2D eigenvalue weighted by Crippen LogP contribution is 2.23. The van der Waals surface area contributed by atoms with Gasteiger partial charge in [-0.05, 0) is 24.3 Å². The first-order valence-electron chi connectivity index (χ1n) is 7.53. The van der Waals surface area contributed by atoms with Crippen molar-refractivity contribution in [1.29, 1.82) is 0 Å². The van der Waals surface area contributed by atoms with Crippen LogP contribution in [-0.2, 0) is 9.59 Å². The average Bonchev–Trinajstić information content (AvgIpc) is 3.19. The highest BCUT2D eigenvalue weighted by Gasteiger charge is 2.32. The molecule has 2 aliphatic rings. The number of carbonyl (C=O) groups excluding carboxylic acids is 3. The third-order valence-electron chi connectivity index (χ3n) is 3.37. The molecule has 3 N–H and O–H groups in total. The summed E-state index contributed by atoms with van der Waals surface area (Å²) in [6, 6.07) is 6.90. The van der Waals surface area contributed by atoms with Crippen LogP contribution in [0, 0.1) is 0 Å². The molecule has 11 heteroatoms. The monoisotopic (exact) mass is 393 g/mol. The van der Waals surface area contributed by atoms with Gasteiger partial charge in [-0.1, -0.05) is 23.5 Å². The van der Waals surface area contributed by atoms with E-state index in [0.29, 0.717) is 28.2 Å². The number of methoxy groups -OCH3 is 1. The third-order valence-corrected chi connectivity index (χ3v) is 5.22. The molecular weight excluding hydrogens is 378 g/mol. The van der Waals surface area contributed by atoms with Crippen molar-refractivity contribution in [2.24, 2.45) is 10.2 Å². The van der Waals surface area contributed by atoms with Crippen molar-refractivity contribution in [3.8, 4) is 5.75 Å². The minimum Gasteiger partial charge on any atom is -0.497 e. The molecule has 2 saturated heterocycles. The van der Waals surface area contributed by atoms with Crippen LogP contribution in [0.1, 0.15) is 6.42 Å². The lowest BCUT2D eigenvalue weighted by Gasteiger charge is -2.08. The molecule has 1 atom stereocenters. The first-order chi connectivity index (χ1) is 12.5. The van der Waals surface area contributed by atoms with Crippen molar-refractivity contribution in [2.75, 3.05) is 18.2 Å². The van der Waals surface area contributed by atoms with Gasteiger partial charge in [-0.15, -0.1) is 10.2 Å². The van der Waals surface area contributed by atoms with Gasteiger partial charge in [0, 0.05) is 12.1 Å². The fourth-order valence-corrected chi connectivity index (χ4v) is 3.63. The van der Waals surface area contributed by atoms with Gasteiger partial charge in [0.15, 0.2) is 5.17 Å². The quantitative estimate of drug-likeness (QED) is 0.650. The maximum Gasteiger partial charge on any atom is 0.284 e. The number of thioether (sulfide) groups is 2. The summed E-state index contributed by atoms with van der Waals surface area (Å²) in [5.41, 5.74) is 0.619. The number of rotatable bonds is 5. The number of carbonyl (C=O) groups is 3. The number of hydrogen-bond acceptors (Lipinski definition) is 8. The van der Waals surface area contributed by atoms with E-state index in [1.165, 1.54) is 0 Å². The van der Waals surface area contributed by atoms with Gasteiger partial charge in [0.2, 0.25) is 11.8 Å². The maximum absolute atomic E-state index is 12.1. The van der Waals surface area contributed by atoms with E-state index in [-0.39, 0.29) is 23.5 Å². The summed E-state index contributed by atoms with van der Waals surface area (Å²) < 4.78 is 5.06. The largest absolute Gasteiger partial charge is 0.497 e. The number of benzene rings is 1. The lowest BCUT2D eigenvalue weighted by molar-refractivity contribution is -0.122. The van der Waals surface area contributed by atoms with Crippen LogP contribution in [-0.4, -0.2) is 46.2 Å². The summed E-state index contributed by atoms with van der Waals surface area (Å²) in [4.78, 5) is 35.2. The van der Waals surface area contributed by atoms with E-state index < -0.39 is 5.25 Å². The van der Waals surface area contributed by atoms with Gasteiger partial charge in [-0.3, -0.25) is 14.4 Å². The Morgan fingerprint density at radius 1 is 1.27 bits per heavy atom. The highest BCUT2D eigenvalue weighted by atomic mass is 32.2. The summed E-state index contributed by atoms with van der Waals surface area (Å²) in [6.45, 7) is 0. The SMILES string of the molecule is COc1ccc(NC(=O)C[C@@H]2S/C(=N\N=C3\CSC(=O)N3)NC2=O)cc1. The highest BCUT2D eigenvalue weighted by molar-refractivity contribution is 8.15. The van der Waals surface area contributed by atoms with Crippen LogP contribution in [0.3, 0.4) is 0 Å². The molecule has 2 aliphatic heterocycles. The lowest BCUT2D eigenvalue weighted by atomic mass is 10.2. The zero-order valence-corrected chi connectivity index (χ0v) is 15.3. The van der Waals surface area contributed by atoms with Gasteiger partial charge < -0.3 is 20.7 Å². The molecule has 0 saturated carbocycles. The van der Waals surface area contributed by atoms with E-state index in [9.17, 15) is 14.4 Å². The van der Waals surface area contributed by atoms with Crippen molar-refractivity contribution >= 4 is 57.3 Å². The van der Waals surface area contributed by atoms with E-state index in [2.05, 4.69) is 26.2 Å². The molecule has 2 fully saturated rings. The van der Waals surface area contributed by atoms with Gasteiger partial charge >= 0.3 is 0 Å². The number of hydrogen-bond donors (Lipinski definition) is 3. The number of amidine groups is 2. The molecule has 1 aromatic rings. The summed E-state index contributed by atoms with van der Waals surface area (Å²) in [7, 11) is 1.56. The van der Waals surface area contributed by atoms with Crippen molar-refractivity contribution in [3.63, 3.8) is 0 Å². The molecule has 9 nitrogen and oxygen atoms in total. The Morgan fingerprint density at radius 2 is 2.04 bits per heavy atom. The van der Waals surface area contributed by atoms with Crippen LogP contribution in [0.5, 0.6) is 5.75 Å². The summed E-state index contributed by atoms with van der Waals surface area (Å²) in [6.07, 6.45) is 0.00467. The lowest BCUT2D eigenvalue weighted by Crippen LogP contribution is -2.28. The van der Waals surface area contributed by atoms with Gasteiger partial charge in [-0.25, -0.2) is 0 Å². The predicted octanol–water partition coefficient (Wildman–Crippen LogP) is 1.38. The zero-order chi connectivity index (χ0) is 18.5. The summed E-state index contributed by atoms with van der Waals surface area (Å²) >= 11 is 2.23. The van der Waals surface area contributed by atoms with Crippen molar-refractivity contribution in [1.82, 2.24) is 10.6 Å². The molecule has 3 rings (SSSR count). The number of nitrogens with one attached hydrogen (secondary N) is 3. The molecule has 1 aromatic carbocycles. The van der Waals surface area contributed by atoms with Crippen LogP contribution >= 0.6 is 23.5 Å². The Balaban J connectivity index is 1.53. The molecule has 0 unspecified atom stereocenters. The number of nitrogens with zero attached hydrogens (tertiary/aromatic N) is 2. The standard InChI is InChI=1S/C15H15N5O4S2/c1-24-9-4-2-8(3-5-9)16-12(21)6-10-13(22)18-14(26-10)20-19-11-7-25-15(23)17-11/h2-5,10H,6-7H2,1H3,(H,16,21)(H,17,19,23)(H,18,20,22)/t10-/m0/s1. The molecule has 3 amide bonds. The van der Waals surface area contributed by atoms with Crippen molar-refractivity contribution in [2.45, 2.75) is 11.7 Å². The summed E-state index contributed by atoms with van der Waals surface area (Å²) in [5, 5.41) is 15.2. The first-order valence-corrected chi connectivity index (χ1v) is 9.40. The second kappa shape index (κ2) is 8.23. The van der Waals surface area contributed by atoms with Crippen LogP contribution in [0.25, 0.3) is 0 Å². The second-order valence-electron chi connectivity index (χ2n) is 5.23. The molecule has 136 valence electrons. The fourth-order valence-electron chi connectivity index (χ4n) is 2.12. The van der Waals surface area contributed by atoms with E-state index in [1.807, 2.05) is 0 Å². The third kappa shape index (κ3) is 4.76. The number of amides is 3. The normalized spacial score (nSPS) is 22.4. The van der Waals surface area contributed by atoms with Crippen LogP contribution < -0.4 is 20.7 Å². The Kier molecular flexibility index (Phi) is 5.78. The molecule has 0 bridgehead atoms. The zero-order valence-electron chi connectivity index (χ0n) is 13.6. The van der Waals surface area contributed by atoms with E-state index in [4.69, 9.17) is 4.74 Å². The van der Waals surface area contributed by atoms with Crippen LogP contribution in [0.2, 0.25) is 0 Å². The van der Waals surface area contributed by atoms with Gasteiger partial charge in [0.25, 0.3) is 5.24 Å². The van der Waals surface area contributed by atoms with Crippen molar-refractivity contribution in [3.05, 3.63) is 24.3 Å². The molecular formula is C15H15N5O4S2. The molecule has 0 spiro atoms. The van der Waals surface area contributed by atoms with E-state index >= 15 is 0 Å². The first kappa shape index (κ1) is 18.3. The fraction of sp³-hybridized carbons (Fsp3) is 0.267. The van der Waals surface area contributed by atoms with Crippen LogP contribution in [0.15, 0.2) is 34.5 Å². The number of ether oxygens (including phenoxy) is 1. The Bertz CT molecular complexity index is 794. The molecule has 2 heterocycles. The Morgan fingerprint density at radius 3 is 2.69 bits per heavy atom. The van der Waals surface area contributed by atoms with Gasteiger partial charge in [0.05, 0.1) is 12.9 Å². The minimum atomic E-state index is -0.584. The molecule has 0 aromatic heterocycles. The maximum atomic E-state index is 12.1. The molecule has 26 heavy (non-hydrogen) atoms.